The minimum Gasteiger partial charge on any atom is -0.507 e. The molecule has 1 atom stereocenters. The van der Waals surface area contributed by atoms with Crippen molar-refractivity contribution in [2.75, 3.05) is 13.7 Å². The number of ketones is 1. The number of aliphatic hydroxyl groups is 1. The molecule has 33 heavy (non-hydrogen) atoms. The number of carbonyl (C=O) groups excluding carboxylic acids is 3. The maximum Gasteiger partial charge on any atom is 0.337 e. The van der Waals surface area contributed by atoms with Crippen molar-refractivity contribution in [2.45, 2.75) is 12.5 Å². The van der Waals surface area contributed by atoms with Gasteiger partial charge >= 0.3 is 5.97 Å². The van der Waals surface area contributed by atoms with E-state index in [1.165, 1.54) is 12.0 Å². The molecular formula is C27H23NO5. The van der Waals surface area contributed by atoms with Gasteiger partial charge in [-0.2, -0.15) is 0 Å². The van der Waals surface area contributed by atoms with E-state index in [2.05, 4.69) is 0 Å². The third-order valence-electron chi connectivity index (χ3n) is 5.72. The molecular weight excluding hydrogens is 418 g/mol. The van der Waals surface area contributed by atoms with E-state index in [-0.39, 0.29) is 11.3 Å². The second-order valence-corrected chi connectivity index (χ2v) is 7.71. The number of Topliss-reactive ketones (excluding diaryl/α,β-unsaturated/α-hetero) is 1. The Morgan fingerprint density at radius 3 is 2.09 bits per heavy atom. The van der Waals surface area contributed by atoms with Crippen LogP contribution in [0.1, 0.15) is 33.1 Å². The summed E-state index contributed by atoms with van der Waals surface area (Å²) in [6.07, 6.45) is 0.552. The summed E-state index contributed by atoms with van der Waals surface area (Å²) in [4.78, 5) is 39.4. The van der Waals surface area contributed by atoms with Crippen molar-refractivity contribution in [1.29, 1.82) is 0 Å². The molecule has 1 heterocycles. The number of rotatable bonds is 6. The highest BCUT2D eigenvalue weighted by molar-refractivity contribution is 6.46. The number of ether oxygens (including phenoxy) is 1. The Morgan fingerprint density at radius 1 is 0.879 bits per heavy atom. The molecule has 1 unspecified atom stereocenters. The predicted octanol–water partition coefficient (Wildman–Crippen LogP) is 4.14. The molecule has 1 amide bonds. The lowest BCUT2D eigenvalue weighted by molar-refractivity contribution is -0.139. The molecule has 6 heteroatoms. The number of hydrogen-bond acceptors (Lipinski definition) is 5. The molecule has 0 saturated carbocycles. The average molecular weight is 441 g/mol. The standard InChI is InChI=1S/C27H23NO5/c1-33-27(32)21-14-12-19(13-15-21)23-22(24(29)20-10-6-3-7-11-20)25(30)26(31)28(23)17-16-18-8-4-2-5-9-18/h2-15,23,29H,16-17H2,1H3. The van der Waals surface area contributed by atoms with E-state index in [0.717, 1.165) is 5.56 Å². The van der Waals surface area contributed by atoms with E-state index < -0.39 is 23.7 Å². The maximum absolute atomic E-state index is 13.1. The second-order valence-electron chi connectivity index (χ2n) is 7.71. The summed E-state index contributed by atoms with van der Waals surface area (Å²) in [5.74, 6) is -2.10. The van der Waals surface area contributed by atoms with Crippen LogP contribution in [0, 0.1) is 0 Å². The number of esters is 1. The number of carbonyl (C=O) groups is 3. The lowest BCUT2D eigenvalue weighted by atomic mass is 9.94. The number of methoxy groups -OCH3 is 1. The topological polar surface area (TPSA) is 83.9 Å². The van der Waals surface area contributed by atoms with Crippen LogP contribution in [-0.2, 0) is 20.7 Å². The normalized spacial score (nSPS) is 17.2. The van der Waals surface area contributed by atoms with Crippen LogP contribution in [0.4, 0.5) is 0 Å². The molecule has 4 rings (SSSR count). The first-order valence-electron chi connectivity index (χ1n) is 10.6. The highest BCUT2D eigenvalue weighted by atomic mass is 16.5. The summed E-state index contributed by atoms with van der Waals surface area (Å²) < 4.78 is 4.75. The predicted molar refractivity (Wildman–Crippen MR) is 123 cm³/mol. The Balaban J connectivity index is 1.77. The van der Waals surface area contributed by atoms with Gasteiger partial charge in [0.15, 0.2) is 0 Å². The monoisotopic (exact) mass is 441 g/mol. The van der Waals surface area contributed by atoms with Crippen LogP contribution in [-0.4, -0.2) is 41.3 Å². The van der Waals surface area contributed by atoms with Gasteiger partial charge in [-0.05, 0) is 29.7 Å². The quantitative estimate of drug-likeness (QED) is 0.269. The Hall–Kier alpha value is -4.19. The lowest BCUT2D eigenvalue weighted by Gasteiger charge is -2.25. The Morgan fingerprint density at radius 2 is 1.48 bits per heavy atom. The Bertz CT molecular complexity index is 1200. The third kappa shape index (κ3) is 4.41. The van der Waals surface area contributed by atoms with E-state index in [0.29, 0.717) is 29.7 Å². The van der Waals surface area contributed by atoms with Crippen LogP contribution >= 0.6 is 0 Å². The van der Waals surface area contributed by atoms with Gasteiger partial charge in [0.1, 0.15) is 5.76 Å². The third-order valence-corrected chi connectivity index (χ3v) is 5.72. The van der Waals surface area contributed by atoms with Gasteiger partial charge in [0.25, 0.3) is 11.7 Å². The molecule has 1 aliphatic rings. The molecule has 166 valence electrons. The van der Waals surface area contributed by atoms with Gasteiger partial charge in [0, 0.05) is 12.1 Å². The molecule has 0 bridgehead atoms. The number of benzene rings is 3. The zero-order chi connectivity index (χ0) is 23.4. The average Bonchev–Trinajstić information content (AvgIpc) is 3.12. The molecule has 3 aromatic rings. The van der Waals surface area contributed by atoms with Crippen molar-refractivity contribution < 1.29 is 24.2 Å². The van der Waals surface area contributed by atoms with Gasteiger partial charge in [-0.25, -0.2) is 4.79 Å². The van der Waals surface area contributed by atoms with E-state index in [4.69, 9.17) is 4.74 Å². The fourth-order valence-corrected chi connectivity index (χ4v) is 4.02. The summed E-state index contributed by atoms with van der Waals surface area (Å²) in [5.41, 5.74) is 2.49. The SMILES string of the molecule is COC(=O)c1ccc(C2C(=C(O)c3ccccc3)C(=O)C(=O)N2CCc2ccccc2)cc1. The van der Waals surface area contributed by atoms with Crippen molar-refractivity contribution >= 4 is 23.4 Å². The van der Waals surface area contributed by atoms with Gasteiger partial charge in [0.2, 0.25) is 0 Å². The molecule has 1 aliphatic heterocycles. The summed E-state index contributed by atoms with van der Waals surface area (Å²) in [6.45, 7) is 0.295. The van der Waals surface area contributed by atoms with Crippen LogP contribution in [0.25, 0.3) is 5.76 Å². The summed E-state index contributed by atoms with van der Waals surface area (Å²) in [5, 5.41) is 11.0. The van der Waals surface area contributed by atoms with Crippen molar-refractivity contribution in [1.82, 2.24) is 4.90 Å². The van der Waals surface area contributed by atoms with E-state index in [1.54, 1.807) is 54.6 Å². The van der Waals surface area contributed by atoms with Crippen molar-refractivity contribution in [2.24, 2.45) is 0 Å². The first-order chi connectivity index (χ1) is 16.0. The number of likely N-dealkylation sites (tertiary alicyclic amines) is 1. The van der Waals surface area contributed by atoms with Crippen LogP contribution in [0.5, 0.6) is 0 Å². The number of amides is 1. The molecule has 1 N–H and O–H groups in total. The second kappa shape index (κ2) is 9.53. The zero-order valence-electron chi connectivity index (χ0n) is 18.1. The van der Waals surface area contributed by atoms with Crippen LogP contribution in [0.2, 0.25) is 0 Å². The fraction of sp³-hybridized carbons (Fsp3) is 0.148. The summed E-state index contributed by atoms with van der Waals surface area (Å²) in [7, 11) is 1.30. The van der Waals surface area contributed by atoms with Crippen LogP contribution in [0.15, 0.2) is 90.5 Å². The van der Waals surface area contributed by atoms with Crippen molar-refractivity contribution in [3.05, 3.63) is 113 Å². The van der Waals surface area contributed by atoms with Crippen LogP contribution in [0.3, 0.4) is 0 Å². The van der Waals surface area contributed by atoms with Gasteiger partial charge < -0.3 is 14.7 Å². The number of aliphatic hydroxyl groups excluding tert-OH is 1. The largest absolute Gasteiger partial charge is 0.507 e. The maximum atomic E-state index is 13.1. The molecule has 0 aliphatic carbocycles. The van der Waals surface area contributed by atoms with Gasteiger partial charge in [0.05, 0.1) is 24.3 Å². The Labute approximate surface area is 191 Å². The van der Waals surface area contributed by atoms with E-state index in [1.807, 2.05) is 30.3 Å². The van der Waals surface area contributed by atoms with Gasteiger partial charge in [-0.1, -0.05) is 72.8 Å². The van der Waals surface area contributed by atoms with E-state index in [9.17, 15) is 19.5 Å². The fourth-order valence-electron chi connectivity index (χ4n) is 4.02. The molecule has 0 radical (unpaired) electrons. The minimum atomic E-state index is -0.777. The van der Waals surface area contributed by atoms with Crippen LogP contribution < -0.4 is 0 Å². The number of nitrogens with zero attached hydrogens (tertiary/aromatic N) is 1. The first-order valence-corrected chi connectivity index (χ1v) is 10.6. The number of hydrogen-bond donors (Lipinski definition) is 1. The highest BCUT2D eigenvalue weighted by Gasteiger charge is 2.45. The van der Waals surface area contributed by atoms with Crippen molar-refractivity contribution in [3.63, 3.8) is 0 Å². The van der Waals surface area contributed by atoms with Gasteiger partial charge in [-0.3, -0.25) is 9.59 Å². The first kappa shape index (κ1) is 22.0. The smallest absolute Gasteiger partial charge is 0.337 e. The van der Waals surface area contributed by atoms with Gasteiger partial charge in [-0.15, -0.1) is 0 Å². The zero-order valence-corrected chi connectivity index (χ0v) is 18.1. The molecule has 0 aromatic heterocycles. The molecule has 1 fully saturated rings. The van der Waals surface area contributed by atoms with E-state index >= 15 is 0 Å². The molecule has 0 spiro atoms. The van der Waals surface area contributed by atoms with Crippen molar-refractivity contribution in [3.8, 4) is 0 Å². The summed E-state index contributed by atoms with van der Waals surface area (Å²) >= 11 is 0. The Kier molecular flexibility index (Phi) is 6.36. The highest BCUT2D eigenvalue weighted by Crippen LogP contribution is 2.39. The molecule has 6 nitrogen and oxygen atoms in total. The summed E-state index contributed by atoms with van der Waals surface area (Å²) in [6, 6.07) is 24.1. The minimum absolute atomic E-state index is 0.0325. The lowest BCUT2D eigenvalue weighted by Crippen LogP contribution is -2.31. The molecule has 3 aromatic carbocycles. The molecule has 1 saturated heterocycles.